The Morgan fingerprint density at radius 2 is 2.00 bits per heavy atom. The predicted molar refractivity (Wildman–Crippen MR) is 116 cm³/mol. The van der Waals surface area contributed by atoms with Crippen LogP contribution >= 0.6 is 11.3 Å². The summed E-state index contributed by atoms with van der Waals surface area (Å²) in [6, 6.07) is 8.48. The van der Waals surface area contributed by atoms with E-state index in [1.165, 1.54) is 31.4 Å². The highest BCUT2D eigenvalue weighted by molar-refractivity contribution is 7.19. The molecular formula is C20H20F3N7O3S. The number of alkyl halides is 2. The first kappa shape index (κ1) is 23.8. The minimum atomic E-state index is -2.99. The molecule has 0 unspecified atom stereocenters. The number of ether oxygens (including phenoxy) is 2. The van der Waals surface area contributed by atoms with E-state index in [9.17, 15) is 18.0 Å². The van der Waals surface area contributed by atoms with Gasteiger partial charge in [-0.1, -0.05) is 23.5 Å². The lowest BCUT2D eigenvalue weighted by atomic mass is 9.94. The number of benzene rings is 1. The van der Waals surface area contributed by atoms with Crippen LogP contribution in [0.1, 0.15) is 23.8 Å². The molecule has 10 nitrogen and oxygen atoms in total. The molecule has 0 saturated carbocycles. The summed E-state index contributed by atoms with van der Waals surface area (Å²) < 4.78 is 47.9. The first-order valence-corrected chi connectivity index (χ1v) is 10.9. The Kier molecular flexibility index (Phi) is 7.19. The van der Waals surface area contributed by atoms with Crippen molar-refractivity contribution in [2.24, 2.45) is 0 Å². The van der Waals surface area contributed by atoms with Crippen LogP contribution in [0.5, 0.6) is 5.75 Å². The van der Waals surface area contributed by atoms with Crippen LogP contribution < -0.4 is 20.7 Å². The van der Waals surface area contributed by atoms with E-state index < -0.39 is 30.1 Å². The molecule has 0 aliphatic carbocycles. The molecule has 1 amide bonds. The Labute approximate surface area is 195 Å². The number of carbonyl (C=O) groups is 1. The average molecular weight is 495 g/mol. The standard InChI is InChI=1S/C20H20F3N7O3S/c1-32-15(11-3-2-4-12(9-11)33-17(22)23)16(31)25-18-29-30-19(34-18)26-20(7-8-24-10-20)13-5-6-14(21)28-27-13/h2-6,9,15,17,24H,7-8,10H2,1H3,(H,26,30)(H,25,29,31)/t15-,20+/m0/s1. The quantitative estimate of drug-likeness (QED) is 0.411. The van der Waals surface area contributed by atoms with Gasteiger partial charge >= 0.3 is 6.61 Å². The van der Waals surface area contributed by atoms with Crippen LogP contribution in [0.3, 0.4) is 0 Å². The number of aromatic nitrogens is 4. The lowest BCUT2D eigenvalue weighted by Crippen LogP contribution is -2.38. The van der Waals surface area contributed by atoms with Crippen LogP contribution in [0, 0.1) is 5.95 Å². The summed E-state index contributed by atoms with van der Waals surface area (Å²) in [5.41, 5.74) is 0.207. The summed E-state index contributed by atoms with van der Waals surface area (Å²) in [4.78, 5) is 12.8. The monoisotopic (exact) mass is 495 g/mol. The summed E-state index contributed by atoms with van der Waals surface area (Å²) in [5.74, 6) is -1.34. The summed E-state index contributed by atoms with van der Waals surface area (Å²) in [7, 11) is 1.32. The van der Waals surface area contributed by atoms with E-state index in [1.807, 2.05) is 0 Å². The van der Waals surface area contributed by atoms with Gasteiger partial charge in [-0.05, 0) is 42.8 Å². The number of rotatable bonds is 9. The van der Waals surface area contributed by atoms with Crippen LogP contribution in [0.4, 0.5) is 23.4 Å². The van der Waals surface area contributed by atoms with Crippen molar-refractivity contribution in [3.63, 3.8) is 0 Å². The number of nitrogens with one attached hydrogen (secondary N) is 3. The van der Waals surface area contributed by atoms with Gasteiger partial charge in [0.1, 0.15) is 5.75 Å². The van der Waals surface area contributed by atoms with E-state index in [1.54, 1.807) is 12.1 Å². The number of amides is 1. The normalized spacial score (nSPS) is 18.6. The Bertz CT molecular complexity index is 1130. The molecule has 1 saturated heterocycles. The van der Waals surface area contributed by atoms with E-state index in [2.05, 4.69) is 41.1 Å². The Morgan fingerprint density at radius 3 is 2.68 bits per heavy atom. The van der Waals surface area contributed by atoms with E-state index in [0.29, 0.717) is 35.9 Å². The minimum absolute atomic E-state index is 0.0934. The number of hydrogen-bond donors (Lipinski definition) is 3. The molecule has 1 aromatic carbocycles. The highest BCUT2D eigenvalue weighted by Crippen LogP contribution is 2.33. The van der Waals surface area contributed by atoms with Crippen molar-refractivity contribution in [3.8, 4) is 5.75 Å². The van der Waals surface area contributed by atoms with Gasteiger partial charge in [0.15, 0.2) is 6.10 Å². The fourth-order valence-corrected chi connectivity index (χ4v) is 4.35. The number of carbonyl (C=O) groups excluding carboxylic acids is 1. The van der Waals surface area contributed by atoms with Crippen LogP contribution in [0.25, 0.3) is 0 Å². The average Bonchev–Trinajstić information content (AvgIpc) is 3.45. The van der Waals surface area contributed by atoms with Crippen LogP contribution in [-0.4, -0.2) is 53.1 Å². The molecule has 0 spiro atoms. The maximum Gasteiger partial charge on any atom is 0.387 e. The van der Waals surface area contributed by atoms with Crippen molar-refractivity contribution in [1.29, 1.82) is 0 Å². The zero-order valence-corrected chi connectivity index (χ0v) is 18.6. The zero-order valence-electron chi connectivity index (χ0n) is 17.8. The second-order valence-electron chi connectivity index (χ2n) is 7.34. The van der Waals surface area contributed by atoms with Crippen LogP contribution in [0.2, 0.25) is 0 Å². The Morgan fingerprint density at radius 1 is 1.18 bits per heavy atom. The Hall–Kier alpha value is -3.36. The van der Waals surface area contributed by atoms with Gasteiger partial charge in [0.25, 0.3) is 5.91 Å². The minimum Gasteiger partial charge on any atom is -0.435 e. The van der Waals surface area contributed by atoms with Crippen molar-refractivity contribution in [2.75, 3.05) is 30.8 Å². The van der Waals surface area contributed by atoms with Gasteiger partial charge in [-0.2, -0.15) is 18.3 Å². The van der Waals surface area contributed by atoms with Gasteiger partial charge in [0, 0.05) is 13.7 Å². The van der Waals surface area contributed by atoms with E-state index in [-0.39, 0.29) is 10.9 Å². The molecular weight excluding hydrogens is 475 g/mol. The topological polar surface area (TPSA) is 123 Å². The number of methoxy groups -OCH3 is 1. The molecule has 3 heterocycles. The lowest BCUT2D eigenvalue weighted by Gasteiger charge is -2.27. The zero-order chi connectivity index (χ0) is 24.1. The molecule has 2 atom stereocenters. The molecule has 1 aliphatic heterocycles. The smallest absolute Gasteiger partial charge is 0.387 e. The molecule has 180 valence electrons. The van der Waals surface area contributed by atoms with Crippen molar-refractivity contribution < 1.29 is 27.4 Å². The SMILES string of the molecule is CO[C@H](C(=O)Nc1nnc(N[C@]2(c3ccc(F)nn3)CCNC2)s1)c1cccc(OC(F)F)c1. The maximum absolute atomic E-state index is 13.2. The first-order valence-electron chi connectivity index (χ1n) is 10.1. The van der Waals surface area contributed by atoms with E-state index in [4.69, 9.17) is 4.74 Å². The number of halogens is 3. The molecule has 0 bridgehead atoms. The molecule has 1 fully saturated rings. The molecule has 0 radical (unpaired) electrons. The number of hydrogen-bond acceptors (Lipinski definition) is 10. The fraction of sp³-hybridized carbons (Fsp3) is 0.350. The van der Waals surface area contributed by atoms with Crippen molar-refractivity contribution >= 4 is 27.5 Å². The number of anilines is 2. The third kappa shape index (κ3) is 5.40. The molecule has 3 N–H and O–H groups in total. The molecule has 3 aromatic rings. The highest BCUT2D eigenvalue weighted by Gasteiger charge is 2.38. The Balaban J connectivity index is 1.46. The molecule has 14 heteroatoms. The first-order chi connectivity index (χ1) is 16.4. The van der Waals surface area contributed by atoms with Crippen molar-refractivity contribution in [3.05, 3.63) is 53.6 Å². The van der Waals surface area contributed by atoms with Gasteiger partial charge in [0.05, 0.1) is 11.2 Å². The van der Waals surface area contributed by atoms with Crippen molar-refractivity contribution in [2.45, 2.75) is 24.7 Å². The molecule has 34 heavy (non-hydrogen) atoms. The van der Waals surface area contributed by atoms with E-state index in [0.717, 1.165) is 11.3 Å². The van der Waals surface area contributed by atoms with Crippen molar-refractivity contribution in [1.82, 2.24) is 25.7 Å². The molecule has 4 rings (SSSR count). The van der Waals surface area contributed by atoms with Gasteiger partial charge < -0.3 is 20.1 Å². The summed E-state index contributed by atoms with van der Waals surface area (Å²) in [6.45, 7) is -1.77. The lowest BCUT2D eigenvalue weighted by molar-refractivity contribution is -0.126. The van der Waals surface area contributed by atoms with Gasteiger partial charge in [-0.3, -0.25) is 10.1 Å². The molecule has 2 aromatic heterocycles. The molecule has 1 aliphatic rings. The van der Waals surface area contributed by atoms with Gasteiger partial charge in [0.2, 0.25) is 16.2 Å². The van der Waals surface area contributed by atoms with Gasteiger partial charge in [-0.15, -0.1) is 15.3 Å². The van der Waals surface area contributed by atoms with Crippen LogP contribution in [0.15, 0.2) is 36.4 Å². The predicted octanol–water partition coefficient (Wildman–Crippen LogP) is 2.70. The van der Waals surface area contributed by atoms with E-state index >= 15 is 0 Å². The van der Waals surface area contributed by atoms with Crippen LogP contribution in [-0.2, 0) is 15.1 Å². The maximum atomic E-state index is 13.2. The summed E-state index contributed by atoms with van der Waals surface area (Å²) >= 11 is 1.08. The second kappa shape index (κ2) is 10.3. The third-order valence-electron chi connectivity index (χ3n) is 5.14. The number of nitrogens with zero attached hydrogens (tertiary/aromatic N) is 4. The summed E-state index contributed by atoms with van der Waals surface area (Å²) in [6.07, 6.45) is -0.446. The second-order valence-corrected chi connectivity index (χ2v) is 8.32. The summed E-state index contributed by atoms with van der Waals surface area (Å²) in [5, 5.41) is 25.2. The highest BCUT2D eigenvalue weighted by atomic mass is 32.1. The van der Waals surface area contributed by atoms with Gasteiger partial charge in [-0.25, -0.2) is 0 Å². The third-order valence-corrected chi connectivity index (χ3v) is 5.89. The fourth-order valence-electron chi connectivity index (χ4n) is 3.60. The largest absolute Gasteiger partial charge is 0.435 e.